The third-order valence-corrected chi connectivity index (χ3v) is 4.41. The number of rotatable bonds is 6. The van der Waals surface area contributed by atoms with E-state index in [0.29, 0.717) is 37.6 Å². The molecule has 1 aliphatic rings. The lowest BCUT2D eigenvalue weighted by Gasteiger charge is -2.35. The van der Waals surface area contributed by atoms with Crippen molar-refractivity contribution in [3.8, 4) is 0 Å². The average molecular weight is 364 g/mol. The molecule has 1 unspecified atom stereocenters. The van der Waals surface area contributed by atoms with Crippen molar-refractivity contribution in [1.29, 1.82) is 0 Å². The normalized spacial score (nSPS) is 17.5. The van der Waals surface area contributed by atoms with Gasteiger partial charge in [0.05, 0.1) is 0 Å². The first-order chi connectivity index (χ1) is 11.4. The van der Waals surface area contributed by atoms with Crippen LogP contribution in [0.25, 0.3) is 0 Å². The van der Waals surface area contributed by atoms with E-state index < -0.39 is 24.7 Å². The average Bonchev–Trinajstić information content (AvgIpc) is 2.54. The predicted octanol–water partition coefficient (Wildman–Crippen LogP) is 2.22. The molecule has 2 N–H and O–H groups in total. The number of nitrogens with zero attached hydrogens (tertiary/aromatic N) is 1. The zero-order chi connectivity index (χ0) is 17.6. The summed E-state index contributed by atoms with van der Waals surface area (Å²) in [5, 5.41) is 5.99. The summed E-state index contributed by atoms with van der Waals surface area (Å²) in [6, 6.07) is 5.47. The Balaban J connectivity index is 1.84. The standard InChI is InChI=1S/C16H21ClF3N3O/c17-13-4-2-1-3-12(13)5-6-15(24)22-11-14(16(18,19)20)23-9-7-21-8-10-23/h1-4,14,21H,5-11H2,(H,22,24). The van der Waals surface area contributed by atoms with Crippen LogP contribution >= 0.6 is 11.6 Å². The van der Waals surface area contributed by atoms with E-state index in [1.165, 1.54) is 4.90 Å². The smallest absolute Gasteiger partial charge is 0.354 e. The molecule has 1 heterocycles. The number of piperazine rings is 1. The third-order valence-electron chi connectivity index (χ3n) is 4.04. The minimum atomic E-state index is -4.37. The molecular formula is C16H21ClF3N3O. The van der Waals surface area contributed by atoms with E-state index in [9.17, 15) is 18.0 Å². The van der Waals surface area contributed by atoms with Gasteiger partial charge in [0, 0.05) is 44.2 Å². The second kappa shape index (κ2) is 8.69. The highest BCUT2D eigenvalue weighted by Crippen LogP contribution is 2.25. The molecule has 0 aliphatic carbocycles. The number of hydrogen-bond acceptors (Lipinski definition) is 3. The molecule has 1 atom stereocenters. The summed E-state index contributed by atoms with van der Waals surface area (Å²) in [7, 11) is 0. The van der Waals surface area contributed by atoms with Crippen LogP contribution in [-0.4, -0.2) is 55.7 Å². The summed E-state index contributed by atoms with van der Waals surface area (Å²) >= 11 is 6.00. The van der Waals surface area contributed by atoms with Crippen molar-refractivity contribution in [3.05, 3.63) is 34.9 Å². The molecule has 0 spiro atoms. The number of hydrogen-bond donors (Lipinski definition) is 2. The van der Waals surface area contributed by atoms with Crippen LogP contribution in [0.3, 0.4) is 0 Å². The maximum absolute atomic E-state index is 13.2. The molecular weight excluding hydrogens is 343 g/mol. The van der Waals surface area contributed by atoms with E-state index in [-0.39, 0.29) is 6.42 Å². The minimum Gasteiger partial charge on any atom is -0.354 e. The quantitative estimate of drug-likeness (QED) is 0.814. The summed E-state index contributed by atoms with van der Waals surface area (Å²) in [5.74, 6) is -0.403. The molecule has 2 rings (SSSR count). The van der Waals surface area contributed by atoms with E-state index in [1.54, 1.807) is 18.2 Å². The van der Waals surface area contributed by atoms with Crippen LogP contribution in [-0.2, 0) is 11.2 Å². The Kier molecular flexibility index (Phi) is 6.89. The fraction of sp³-hybridized carbons (Fsp3) is 0.562. The molecule has 0 bridgehead atoms. The SMILES string of the molecule is O=C(CCc1ccccc1Cl)NCC(N1CCNCC1)C(F)(F)F. The maximum Gasteiger partial charge on any atom is 0.405 e. The summed E-state index contributed by atoms with van der Waals surface area (Å²) < 4.78 is 39.7. The Hall–Kier alpha value is -1.31. The molecule has 0 aromatic heterocycles. The van der Waals surface area contributed by atoms with Gasteiger partial charge in [0.25, 0.3) is 0 Å². The molecule has 24 heavy (non-hydrogen) atoms. The van der Waals surface area contributed by atoms with Gasteiger partial charge in [0.15, 0.2) is 0 Å². The van der Waals surface area contributed by atoms with E-state index in [1.807, 2.05) is 6.07 Å². The molecule has 1 fully saturated rings. The van der Waals surface area contributed by atoms with Gasteiger partial charge < -0.3 is 10.6 Å². The van der Waals surface area contributed by atoms with Gasteiger partial charge in [-0.25, -0.2) is 0 Å². The van der Waals surface area contributed by atoms with Crippen LogP contribution in [0.5, 0.6) is 0 Å². The largest absolute Gasteiger partial charge is 0.405 e. The third kappa shape index (κ3) is 5.65. The number of halogens is 4. The Bertz CT molecular complexity index is 548. The van der Waals surface area contributed by atoms with Crippen LogP contribution in [0, 0.1) is 0 Å². The Morgan fingerprint density at radius 2 is 1.96 bits per heavy atom. The number of aryl methyl sites for hydroxylation is 1. The van der Waals surface area contributed by atoms with Crippen LogP contribution in [0.15, 0.2) is 24.3 Å². The van der Waals surface area contributed by atoms with Crippen molar-refractivity contribution in [1.82, 2.24) is 15.5 Å². The van der Waals surface area contributed by atoms with Crippen molar-refractivity contribution >= 4 is 17.5 Å². The minimum absolute atomic E-state index is 0.107. The number of carbonyl (C=O) groups is 1. The molecule has 134 valence electrons. The van der Waals surface area contributed by atoms with Gasteiger partial charge in [-0.15, -0.1) is 0 Å². The molecule has 1 amide bonds. The highest BCUT2D eigenvalue weighted by Gasteiger charge is 2.43. The zero-order valence-corrected chi connectivity index (χ0v) is 14.0. The molecule has 0 radical (unpaired) electrons. The van der Waals surface area contributed by atoms with E-state index >= 15 is 0 Å². The van der Waals surface area contributed by atoms with Gasteiger partial charge >= 0.3 is 6.18 Å². The lowest BCUT2D eigenvalue weighted by atomic mass is 10.1. The Morgan fingerprint density at radius 1 is 1.29 bits per heavy atom. The number of amides is 1. The summed E-state index contributed by atoms with van der Waals surface area (Å²) in [4.78, 5) is 13.3. The molecule has 0 saturated carbocycles. The van der Waals surface area contributed by atoms with Crippen LogP contribution in [0.1, 0.15) is 12.0 Å². The van der Waals surface area contributed by atoms with Gasteiger partial charge in [0.2, 0.25) is 5.91 Å². The first-order valence-electron chi connectivity index (χ1n) is 7.89. The molecule has 1 aromatic rings. The van der Waals surface area contributed by atoms with E-state index in [0.717, 1.165) is 5.56 Å². The van der Waals surface area contributed by atoms with Crippen LogP contribution < -0.4 is 10.6 Å². The van der Waals surface area contributed by atoms with Crippen molar-refractivity contribution in [2.45, 2.75) is 25.1 Å². The molecule has 1 aromatic carbocycles. The van der Waals surface area contributed by atoms with E-state index in [4.69, 9.17) is 11.6 Å². The van der Waals surface area contributed by atoms with Crippen molar-refractivity contribution in [3.63, 3.8) is 0 Å². The monoisotopic (exact) mass is 363 g/mol. The molecule has 8 heteroatoms. The Labute approximate surface area is 144 Å². The lowest BCUT2D eigenvalue weighted by molar-refractivity contribution is -0.184. The first-order valence-corrected chi connectivity index (χ1v) is 8.27. The highest BCUT2D eigenvalue weighted by atomic mass is 35.5. The van der Waals surface area contributed by atoms with E-state index in [2.05, 4.69) is 10.6 Å². The van der Waals surface area contributed by atoms with Gasteiger partial charge in [-0.3, -0.25) is 9.69 Å². The van der Waals surface area contributed by atoms with Crippen molar-refractivity contribution < 1.29 is 18.0 Å². The van der Waals surface area contributed by atoms with Gasteiger partial charge in [-0.2, -0.15) is 13.2 Å². The summed E-state index contributed by atoms with van der Waals surface area (Å²) in [5.41, 5.74) is 0.809. The number of carbonyl (C=O) groups excluding carboxylic acids is 1. The zero-order valence-electron chi connectivity index (χ0n) is 13.2. The van der Waals surface area contributed by atoms with Crippen LogP contribution in [0.2, 0.25) is 5.02 Å². The van der Waals surface area contributed by atoms with Crippen LogP contribution in [0.4, 0.5) is 13.2 Å². The fourth-order valence-corrected chi connectivity index (χ4v) is 2.92. The summed E-state index contributed by atoms with van der Waals surface area (Å²) in [6.45, 7) is 1.25. The highest BCUT2D eigenvalue weighted by molar-refractivity contribution is 6.31. The molecule has 1 saturated heterocycles. The van der Waals surface area contributed by atoms with Crippen molar-refractivity contribution in [2.24, 2.45) is 0 Å². The second-order valence-corrected chi connectivity index (χ2v) is 6.15. The maximum atomic E-state index is 13.2. The topological polar surface area (TPSA) is 44.4 Å². The number of benzene rings is 1. The number of nitrogens with one attached hydrogen (secondary N) is 2. The first kappa shape index (κ1) is 19.0. The fourth-order valence-electron chi connectivity index (χ4n) is 2.69. The van der Waals surface area contributed by atoms with Gasteiger partial charge in [-0.1, -0.05) is 29.8 Å². The number of alkyl halides is 3. The second-order valence-electron chi connectivity index (χ2n) is 5.74. The van der Waals surface area contributed by atoms with Gasteiger partial charge in [-0.05, 0) is 18.1 Å². The van der Waals surface area contributed by atoms with Crippen molar-refractivity contribution in [2.75, 3.05) is 32.7 Å². The Morgan fingerprint density at radius 3 is 2.58 bits per heavy atom. The lowest BCUT2D eigenvalue weighted by Crippen LogP contribution is -2.57. The predicted molar refractivity (Wildman–Crippen MR) is 87.1 cm³/mol. The van der Waals surface area contributed by atoms with Gasteiger partial charge in [0.1, 0.15) is 6.04 Å². The molecule has 1 aliphatic heterocycles. The molecule has 4 nitrogen and oxygen atoms in total. The summed E-state index contributed by atoms with van der Waals surface area (Å²) in [6.07, 6.45) is -3.86.